The normalized spacial score (nSPS) is 14.2. The summed E-state index contributed by atoms with van der Waals surface area (Å²) in [4.78, 5) is 40.3. The first kappa shape index (κ1) is 23.9. The van der Waals surface area contributed by atoms with Crippen LogP contribution in [0.3, 0.4) is 0 Å². The number of ether oxygens (including phenoxy) is 1. The Kier molecular flexibility index (Phi) is 7.40. The summed E-state index contributed by atoms with van der Waals surface area (Å²) < 4.78 is 18.9. The molecule has 8 heteroatoms. The van der Waals surface area contributed by atoms with E-state index in [2.05, 4.69) is 10.6 Å². The summed E-state index contributed by atoms with van der Waals surface area (Å²) in [6.07, 6.45) is 2.06. The van der Waals surface area contributed by atoms with Crippen molar-refractivity contribution in [3.05, 3.63) is 89.7 Å². The van der Waals surface area contributed by atoms with Crippen LogP contribution < -0.4 is 15.4 Å². The molecule has 1 atom stereocenters. The number of amides is 3. The number of methoxy groups -OCH3 is 1. The molecule has 1 fully saturated rings. The Balaban J connectivity index is 1.59. The van der Waals surface area contributed by atoms with Gasteiger partial charge in [0.15, 0.2) is 0 Å². The van der Waals surface area contributed by atoms with Crippen molar-refractivity contribution in [1.82, 2.24) is 4.90 Å². The smallest absolute Gasteiger partial charge is 0.255 e. The van der Waals surface area contributed by atoms with Crippen molar-refractivity contribution in [2.45, 2.75) is 25.3 Å². The van der Waals surface area contributed by atoms with Crippen LogP contribution in [-0.4, -0.2) is 36.3 Å². The van der Waals surface area contributed by atoms with Crippen LogP contribution in [0.1, 0.15) is 41.2 Å². The molecular formula is C27H26FN3O4. The van der Waals surface area contributed by atoms with Gasteiger partial charge in [-0.1, -0.05) is 36.4 Å². The summed E-state index contributed by atoms with van der Waals surface area (Å²) in [6, 6.07) is 18.5. The van der Waals surface area contributed by atoms with E-state index in [1.54, 1.807) is 23.1 Å². The Hall–Kier alpha value is -4.20. The highest BCUT2D eigenvalue weighted by Gasteiger charge is 2.32. The molecule has 3 amide bonds. The lowest BCUT2D eigenvalue weighted by Gasteiger charge is -2.34. The number of hydrogen-bond donors (Lipinski definition) is 2. The summed E-state index contributed by atoms with van der Waals surface area (Å²) in [5.74, 6) is -1.09. The van der Waals surface area contributed by atoms with E-state index in [4.69, 9.17) is 4.74 Å². The van der Waals surface area contributed by atoms with Crippen molar-refractivity contribution >= 4 is 29.1 Å². The Bertz CT molecular complexity index is 1230. The molecule has 2 N–H and O–H groups in total. The Morgan fingerprint density at radius 3 is 2.49 bits per heavy atom. The summed E-state index contributed by atoms with van der Waals surface area (Å²) in [5.41, 5.74) is 1.59. The first-order chi connectivity index (χ1) is 17.0. The lowest BCUT2D eigenvalue weighted by Crippen LogP contribution is -2.43. The number of benzene rings is 3. The molecule has 3 aromatic carbocycles. The second-order valence-electron chi connectivity index (χ2n) is 8.23. The zero-order valence-corrected chi connectivity index (χ0v) is 19.3. The minimum Gasteiger partial charge on any atom is -0.495 e. The van der Waals surface area contributed by atoms with Crippen molar-refractivity contribution in [1.29, 1.82) is 0 Å². The number of halogens is 1. The van der Waals surface area contributed by atoms with E-state index in [0.29, 0.717) is 35.7 Å². The number of rotatable bonds is 7. The largest absolute Gasteiger partial charge is 0.495 e. The standard InChI is InChI=1S/C27H26FN3O4/c1-35-23-14-13-21(17-22(23)30-26(33)19-10-7-11-20(28)16-19)29-27(34)25(18-8-3-2-4-9-18)31-15-6-5-12-24(31)32/h2-4,7-11,13-14,16-17,25H,5-6,12,15H2,1H3,(H,29,34)(H,30,33). The SMILES string of the molecule is COc1ccc(NC(=O)C(c2ccccc2)N2CCCCC2=O)cc1NC(=O)c1cccc(F)c1. The third-order valence-corrected chi connectivity index (χ3v) is 5.84. The first-order valence-electron chi connectivity index (χ1n) is 11.4. The van der Waals surface area contributed by atoms with Gasteiger partial charge >= 0.3 is 0 Å². The second-order valence-corrected chi connectivity index (χ2v) is 8.23. The average Bonchev–Trinajstić information content (AvgIpc) is 2.86. The number of anilines is 2. The maximum atomic E-state index is 13.5. The van der Waals surface area contributed by atoms with E-state index < -0.39 is 17.8 Å². The minimum absolute atomic E-state index is 0.0574. The van der Waals surface area contributed by atoms with E-state index in [1.165, 1.54) is 25.3 Å². The van der Waals surface area contributed by atoms with E-state index in [-0.39, 0.29) is 17.4 Å². The van der Waals surface area contributed by atoms with Crippen molar-refractivity contribution < 1.29 is 23.5 Å². The monoisotopic (exact) mass is 475 g/mol. The highest BCUT2D eigenvalue weighted by atomic mass is 19.1. The Morgan fingerprint density at radius 2 is 1.77 bits per heavy atom. The van der Waals surface area contributed by atoms with Crippen LogP contribution >= 0.6 is 0 Å². The first-order valence-corrected chi connectivity index (χ1v) is 11.4. The third kappa shape index (κ3) is 5.66. The lowest BCUT2D eigenvalue weighted by atomic mass is 10.0. The number of carbonyl (C=O) groups excluding carboxylic acids is 3. The highest BCUT2D eigenvalue weighted by Crippen LogP contribution is 2.31. The molecule has 0 radical (unpaired) electrons. The van der Waals surface area contributed by atoms with Gasteiger partial charge < -0.3 is 20.3 Å². The van der Waals surface area contributed by atoms with Gasteiger partial charge in [0.2, 0.25) is 5.91 Å². The summed E-state index contributed by atoms with van der Waals surface area (Å²) >= 11 is 0. The van der Waals surface area contributed by atoms with Crippen LogP contribution in [0.25, 0.3) is 0 Å². The number of piperidine rings is 1. The molecule has 1 saturated heterocycles. The average molecular weight is 476 g/mol. The number of carbonyl (C=O) groups is 3. The number of hydrogen-bond acceptors (Lipinski definition) is 4. The molecule has 0 aromatic heterocycles. The fraction of sp³-hybridized carbons (Fsp3) is 0.222. The second kappa shape index (κ2) is 10.8. The van der Waals surface area contributed by atoms with Gasteiger partial charge in [0, 0.05) is 24.2 Å². The predicted molar refractivity (Wildman–Crippen MR) is 131 cm³/mol. The van der Waals surface area contributed by atoms with Crippen molar-refractivity contribution in [3.8, 4) is 5.75 Å². The highest BCUT2D eigenvalue weighted by molar-refractivity contribution is 6.06. The van der Waals surface area contributed by atoms with Crippen LogP contribution in [0, 0.1) is 5.82 Å². The molecule has 0 bridgehead atoms. The molecule has 1 heterocycles. The lowest BCUT2D eigenvalue weighted by molar-refractivity contribution is -0.141. The molecule has 180 valence electrons. The van der Waals surface area contributed by atoms with Crippen molar-refractivity contribution in [3.63, 3.8) is 0 Å². The van der Waals surface area contributed by atoms with E-state index in [0.717, 1.165) is 18.9 Å². The van der Waals surface area contributed by atoms with E-state index >= 15 is 0 Å². The van der Waals surface area contributed by atoms with Crippen molar-refractivity contribution in [2.24, 2.45) is 0 Å². The molecule has 1 aliphatic heterocycles. The third-order valence-electron chi connectivity index (χ3n) is 5.84. The van der Waals surface area contributed by atoms with Crippen LogP contribution in [0.15, 0.2) is 72.8 Å². The number of nitrogens with zero attached hydrogens (tertiary/aromatic N) is 1. The van der Waals surface area contributed by atoms with Gasteiger partial charge in [0.05, 0.1) is 12.8 Å². The van der Waals surface area contributed by atoms with Crippen molar-refractivity contribution in [2.75, 3.05) is 24.3 Å². The van der Waals surface area contributed by atoms with Crippen LogP contribution in [-0.2, 0) is 9.59 Å². The minimum atomic E-state index is -0.781. The molecule has 0 aliphatic carbocycles. The topological polar surface area (TPSA) is 87.7 Å². The molecule has 4 rings (SSSR count). The quantitative estimate of drug-likeness (QED) is 0.515. The van der Waals surface area contributed by atoms with E-state index in [1.807, 2.05) is 30.3 Å². The Labute approximate surface area is 202 Å². The van der Waals surface area contributed by atoms with E-state index in [9.17, 15) is 18.8 Å². The molecule has 1 aliphatic rings. The zero-order valence-electron chi connectivity index (χ0n) is 19.3. The molecule has 7 nitrogen and oxygen atoms in total. The number of nitrogens with one attached hydrogen (secondary N) is 2. The molecule has 3 aromatic rings. The zero-order chi connectivity index (χ0) is 24.8. The van der Waals surface area contributed by atoms with Gasteiger partial charge in [-0.25, -0.2) is 4.39 Å². The van der Waals surface area contributed by atoms with Crippen LogP contribution in [0.2, 0.25) is 0 Å². The Morgan fingerprint density at radius 1 is 0.971 bits per heavy atom. The van der Waals surface area contributed by atoms with Gasteiger partial charge in [-0.3, -0.25) is 14.4 Å². The predicted octanol–water partition coefficient (Wildman–Crippen LogP) is 4.78. The molecule has 0 saturated carbocycles. The van der Waals surface area contributed by atoms with Gasteiger partial charge in [-0.15, -0.1) is 0 Å². The van der Waals surface area contributed by atoms with Gasteiger partial charge in [-0.05, 0) is 54.8 Å². The molecule has 35 heavy (non-hydrogen) atoms. The van der Waals surface area contributed by atoms with Gasteiger partial charge in [-0.2, -0.15) is 0 Å². The maximum absolute atomic E-state index is 13.5. The summed E-state index contributed by atoms with van der Waals surface area (Å²) in [7, 11) is 1.46. The fourth-order valence-corrected chi connectivity index (χ4v) is 4.13. The molecular weight excluding hydrogens is 449 g/mol. The summed E-state index contributed by atoms with van der Waals surface area (Å²) in [5, 5.41) is 5.58. The van der Waals surface area contributed by atoms with Crippen LogP contribution in [0.5, 0.6) is 5.75 Å². The van der Waals surface area contributed by atoms with Gasteiger partial charge in [0.25, 0.3) is 11.8 Å². The fourth-order valence-electron chi connectivity index (χ4n) is 4.13. The maximum Gasteiger partial charge on any atom is 0.255 e. The van der Waals surface area contributed by atoms with Crippen LogP contribution in [0.4, 0.5) is 15.8 Å². The molecule has 0 spiro atoms. The number of likely N-dealkylation sites (tertiary alicyclic amines) is 1. The van der Waals surface area contributed by atoms with Gasteiger partial charge in [0.1, 0.15) is 17.6 Å². The summed E-state index contributed by atoms with van der Waals surface area (Å²) in [6.45, 7) is 0.503. The molecule has 1 unspecified atom stereocenters.